The maximum Gasteiger partial charge on any atom is 0.0689 e. The molecule has 1 heteroatoms. The highest BCUT2D eigenvalue weighted by molar-refractivity contribution is 5.03. The summed E-state index contributed by atoms with van der Waals surface area (Å²) in [5.41, 5.74) is 0.0324. The third-order valence-electron chi connectivity index (χ3n) is 9.89. The van der Waals surface area contributed by atoms with Gasteiger partial charge in [0.25, 0.3) is 0 Å². The molecule has 3 saturated carbocycles. The number of nitrogens with zero attached hydrogens (tertiary/aromatic N) is 1. The van der Waals surface area contributed by atoms with E-state index in [2.05, 4.69) is 19.9 Å². The Morgan fingerprint density at radius 2 is 1.26 bits per heavy atom. The lowest BCUT2D eigenvalue weighted by molar-refractivity contribution is 0.0814. The van der Waals surface area contributed by atoms with Gasteiger partial charge in [0.15, 0.2) is 0 Å². The second kappa shape index (κ2) is 13.3. The number of hydrogen-bond acceptors (Lipinski definition) is 1. The highest BCUT2D eigenvalue weighted by Gasteiger charge is 2.40. The van der Waals surface area contributed by atoms with Crippen molar-refractivity contribution in [3.05, 3.63) is 0 Å². The fraction of sp³-hybridized carbons (Fsp3) is 0.967. The molecule has 3 aliphatic rings. The van der Waals surface area contributed by atoms with Crippen molar-refractivity contribution in [1.82, 2.24) is 0 Å². The van der Waals surface area contributed by atoms with Crippen molar-refractivity contribution in [1.29, 1.82) is 5.26 Å². The molecule has 0 radical (unpaired) electrons. The fourth-order valence-electron chi connectivity index (χ4n) is 7.78. The Kier molecular flexibility index (Phi) is 10.7. The summed E-state index contributed by atoms with van der Waals surface area (Å²) in [6.45, 7) is 4.59. The number of rotatable bonds is 11. The van der Waals surface area contributed by atoms with Gasteiger partial charge in [-0.05, 0) is 87.4 Å². The molecule has 0 aromatic heterocycles. The van der Waals surface area contributed by atoms with E-state index >= 15 is 0 Å². The maximum atomic E-state index is 9.96. The molecular weight excluding hydrogens is 374 g/mol. The molecule has 3 rings (SSSR count). The van der Waals surface area contributed by atoms with E-state index in [1.165, 1.54) is 128 Å². The van der Waals surface area contributed by atoms with Crippen molar-refractivity contribution in [2.45, 2.75) is 149 Å². The standard InChI is InChI=1S/C30H53N/c1-3-5-7-8-9-11-25-13-15-26(16-14-25)27-17-19-28(20-18-27)29-12-10-22-30(23-29,24-31)21-6-4-2/h25-29H,3-23H2,1-2H3/t25-,26-,27-,28-,29?,30?. The topological polar surface area (TPSA) is 23.8 Å². The van der Waals surface area contributed by atoms with Gasteiger partial charge in [0.05, 0.1) is 11.5 Å². The summed E-state index contributed by atoms with van der Waals surface area (Å²) >= 11 is 0. The fourth-order valence-corrected chi connectivity index (χ4v) is 7.78. The van der Waals surface area contributed by atoms with Gasteiger partial charge in [0.2, 0.25) is 0 Å². The first-order valence-corrected chi connectivity index (χ1v) is 14.6. The molecule has 0 N–H and O–H groups in total. The molecule has 0 aromatic rings. The van der Waals surface area contributed by atoms with E-state index < -0.39 is 0 Å². The van der Waals surface area contributed by atoms with Crippen LogP contribution in [-0.2, 0) is 0 Å². The molecule has 1 nitrogen and oxygen atoms in total. The van der Waals surface area contributed by atoms with Crippen LogP contribution in [0.1, 0.15) is 149 Å². The first-order valence-electron chi connectivity index (χ1n) is 14.6. The van der Waals surface area contributed by atoms with E-state index in [9.17, 15) is 5.26 Å². The molecule has 0 spiro atoms. The third kappa shape index (κ3) is 7.51. The molecule has 0 amide bonds. The third-order valence-corrected chi connectivity index (χ3v) is 9.89. The van der Waals surface area contributed by atoms with Gasteiger partial charge in [0.1, 0.15) is 0 Å². The average Bonchev–Trinajstić information content (AvgIpc) is 2.83. The van der Waals surface area contributed by atoms with Crippen LogP contribution in [0.4, 0.5) is 0 Å². The van der Waals surface area contributed by atoms with Gasteiger partial charge in [0, 0.05) is 0 Å². The molecule has 3 fully saturated rings. The lowest BCUT2D eigenvalue weighted by Gasteiger charge is -2.43. The van der Waals surface area contributed by atoms with Gasteiger partial charge in [-0.3, -0.25) is 0 Å². The molecule has 0 saturated heterocycles. The van der Waals surface area contributed by atoms with Crippen LogP contribution in [0, 0.1) is 46.3 Å². The average molecular weight is 428 g/mol. The predicted octanol–water partition coefficient (Wildman–Crippen LogP) is 9.85. The van der Waals surface area contributed by atoms with Crippen molar-refractivity contribution in [2.75, 3.05) is 0 Å². The molecule has 2 atom stereocenters. The zero-order valence-electron chi connectivity index (χ0n) is 21.2. The minimum atomic E-state index is 0.0324. The Morgan fingerprint density at radius 1 is 0.677 bits per heavy atom. The van der Waals surface area contributed by atoms with E-state index in [4.69, 9.17) is 0 Å². The summed E-state index contributed by atoms with van der Waals surface area (Å²) in [7, 11) is 0. The van der Waals surface area contributed by atoms with Crippen LogP contribution in [0.15, 0.2) is 0 Å². The second-order valence-electron chi connectivity index (χ2n) is 12.0. The molecule has 0 aliphatic heterocycles. The first kappa shape index (κ1) is 25.1. The summed E-state index contributed by atoms with van der Waals surface area (Å²) < 4.78 is 0. The quantitative estimate of drug-likeness (QED) is 0.301. The van der Waals surface area contributed by atoms with E-state index in [1.54, 1.807) is 0 Å². The molecule has 31 heavy (non-hydrogen) atoms. The zero-order chi connectivity index (χ0) is 21.9. The summed E-state index contributed by atoms with van der Waals surface area (Å²) in [6.07, 6.45) is 29.6. The van der Waals surface area contributed by atoms with Gasteiger partial charge >= 0.3 is 0 Å². The molecule has 178 valence electrons. The summed E-state index contributed by atoms with van der Waals surface area (Å²) in [5.74, 6) is 4.93. The molecule has 3 aliphatic carbocycles. The molecule has 0 aromatic carbocycles. The largest absolute Gasteiger partial charge is 0.198 e. The van der Waals surface area contributed by atoms with Gasteiger partial charge in [-0.25, -0.2) is 0 Å². The van der Waals surface area contributed by atoms with Crippen molar-refractivity contribution < 1.29 is 0 Å². The monoisotopic (exact) mass is 427 g/mol. The van der Waals surface area contributed by atoms with Crippen LogP contribution < -0.4 is 0 Å². The van der Waals surface area contributed by atoms with Gasteiger partial charge in [-0.2, -0.15) is 5.26 Å². The van der Waals surface area contributed by atoms with E-state index in [0.717, 1.165) is 36.0 Å². The molecule has 2 unspecified atom stereocenters. The van der Waals surface area contributed by atoms with Crippen LogP contribution in [0.5, 0.6) is 0 Å². The summed E-state index contributed by atoms with van der Waals surface area (Å²) in [5, 5.41) is 9.96. The van der Waals surface area contributed by atoms with Crippen LogP contribution in [-0.4, -0.2) is 0 Å². The maximum absolute atomic E-state index is 9.96. The summed E-state index contributed by atoms with van der Waals surface area (Å²) in [4.78, 5) is 0. The lowest BCUT2D eigenvalue weighted by atomic mass is 9.61. The summed E-state index contributed by atoms with van der Waals surface area (Å²) in [6, 6.07) is 2.81. The zero-order valence-corrected chi connectivity index (χ0v) is 21.2. The van der Waals surface area contributed by atoms with Gasteiger partial charge < -0.3 is 0 Å². The molecular formula is C30H53N. The van der Waals surface area contributed by atoms with Crippen molar-refractivity contribution >= 4 is 0 Å². The van der Waals surface area contributed by atoms with Crippen LogP contribution >= 0.6 is 0 Å². The lowest BCUT2D eigenvalue weighted by Crippen LogP contribution is -2.34. The Hall–Kier alpha value is -0.510. The van der Waals surface area contributed by atoms with Crippen LogP contribution in [0.25, 0.3) is 0 Å². The van der Waals surface area contributed by atoms with Crippen LogP contribution in [0.3, 0.4) is 0 Å². The Balaban J connectivity index is 1.36. The highest BCUT2D eigenvalue weighted by Crippen LogP contribution is 2.50. The minimum absolute atomic E-state index is 0.0324. The van der Waals surface area contributed by atoms with Crippen LogP contribution in [0.2, 0.25) is 0 Å². The normalized spacial score (nSPS) is 36.7. The van der Waals surface area contributed by atoms with Crippen molar-refractivity contribution in [3.8, 4) is 6.07 Å². The number of nitriles is 1. The molecule has 0 bridgehead atoms. The smallest absolute Gasteiger partial charge is 0.0689 e. The number of hydrogen-bond donors (Lipinski definition) is 0. The predicted molar refractivity (Wildman–Crippen MR) is 134 cm³/mol. The molecule has 0 heterocycles. The highest BCUT2D eigenvalue weighted by atomic mass is 14.5. The van der Waals surface area contributed by atoms with Crippen molar-refractivity contribution in [3.63, 3.8) is 0 Å². The van der Waals surface area contributed by atoms with Gasteiger partial charge in [-0.1, -0.05) is 90.9 Å². The van der Waals surface area contributed by atoms with E-state index in [-0.39, 0.29) is 5.41 Å². The second-order valence-corrected chi connectivity index (χ2v) is 12.0. The van der Waals surface area contributed by atoms with Crippen molar-refractivity contribution in [2.24, 2.45) is 35.0 Å². The SMILES string of the molecule is CCCCCCC[C@H]1CC[C@H]([C@H]2CC[C@H](C3CCCC(C#N)(CCCC)C3)CC2)CC1. The minimum Gasteiger partial charge on any atom is -0.198 e. The van der Waals surface area contributed by atoms with Gasteiger partial charge in [-0.15, -0.1) is 0 Å². The first-order chi connectivity index (χ1) is 15.2. The Bertz CT molecular complexity index is 517. The van der Waals surface area contributed by atoms with E-state index in [0.29, 0.717) is 0 Å². The van der Waals surface area contributed by atoms with E-state index in [1.807, 2.05) is 0 Å². The Morgan fingerprint density at radius 3 is 1.87 bits per heavy atom. The number of unbranched alkanes of at least 4 members (excludes halogenated alkanes) is 5. The Labute approximate surface area is 195 Å².